The maximum Gasteiger partial charge on any atom is 0.259 e. The number of rotatable bonds is 4. The number of carbonyl (C=O) groups is 1. The average Bonchev–Trinajstić information content (AvgIpc) is 3.29. The van der Waals surface area contributed by atoms with Gasteiger partial charge in [-0.15, -0.1) is 0 Å². The van der Waals surface area contributed by atoms with E-state index in [9.17, 15) is 4.79 Å². The summed E-state index contributed by atoms with van der Waals surface area (Å²) >= 11 is 0. The number of amides is 1. The van der Waals surface area contributed by atoms with Gasteiger partial charge in [0.15, 0.2) is 5.82 Å². The molecule has 0 bridgehead atoms. The zero-order valence-corrected chi connectivity index (χ0v) is 14.8. The Morgan fingerprint density at radius 2 is 2.00 bits per heavy atom. The SMILES string of the molecule is CCc1ccc(N2C[C@@H](c3noc(-c4ccc(C)nc4)n3)CC2=O)cc1. The van der Waals surface area contributed by atoms with E-state index in [-0.39, 0.29) is 11.8 Å². The van der Waals surface area contributed by atoms with Crippen molar-refractivity contribution in [1.82, 2.24) is 15.1 Å². The molecular formula is C20H20N4O2. The summed E-state index contributed by atoms with van der Waals surface area (Å²) < 4.78 is 5.38. The smallest absolute Gasteiger partial charge is 0.259 e. The lowest BCUT2D eigenvalue weighted by atomic mass is 10.1. The van der Waals surface area contributed by atoms with Crippen molar-refractivity contribution in [3.05, 3.63) is 59.7 Å². The second kappa shape index (κ2) is 6.71. The molecule has 1 saturated heterocycles. The van der Waals surface area contributed by atoms with Crippen molar-refractivity contribution in [2.75, 3.05) is 11.4 Å². The van der Waals surface area contributed by atoms with Crippen molar-refractivity contribution in [2.45, 2.75) is 32.6 Å². The third kappa shape index (κ3) is 3.10. The Labute approximate surface area is 151 Å². The first-order valence-corrected chi connectivity index (χ1v) is 8.80. The molecule has 1 atom stereocenters. The van der Waals surface area contributed by atoms with Crippen molar-refractivity contribution in [3.8, 4) is 11.5 Å². The molecule has 0 saturated carbocycles. The molecule has 26 heavy (non-hydrogen) atoms. The maximum absolute atomic E-state index is 12.5. The molecule has 1 amide bonds. The van der Waals surface area contributed by atoms with Gasteiger partial charge in [-0.3, -0.25) is 9.78 Å². The van der Waals surface area contributed by atoms with E-state index in [0.29, 0.717) is 24.7 Å². The molecule has 0 N–H and O–H groups in total. The Hall–Kier alpha value is -3.02. The molecule has 0 aliphatic carbocycles. The van der Waals surface area contributed by atoms with E-state index in [2.05, 4.69) is 34.2 Å². The van der Waals surface area contributed by atoms with Crippen LogP contribution in [0.2, 0.25) is 0 Å². The Morgan fingerprint density at radius 1 is 1.19 bits per heavy atom. The summed E-state index contributed by atoms with van der Waals surface area (Å²) in [4.78, 5) is 23.0. The van der Waals surface area contributed by atoms with Gasteiger partial charge in [0.1, 0.15) is 0 Å². The highest BCUT2D eigenvalue weighted by Crippen LogP contribution is 2.31. The fraction of sp³-hybridized carbons (Fsp3) is 0.300. The van der Waals surface area contributed by atoms with Gasteiger partial charge in [0.2, 0.25) is 5.91 Å². The van der Waals surface area contributed by atoms with Crippen LogP contribution in [0.1, 0.15) is 36.3 Å². The van der Waals surface area contributed by atoms with Gasteiger partial charge in [-0.2, -0.15) is 4.98 Å². The number of aryl methyl sites for hydroxylation is 2. The maximum atomic E-state index is 12.5. The molecule has 6 heteroatoms. The predicted molar refractivity (Wildman–Crippen MR) is 97.8 cm³/mol. The van der Waals surface area contributed by atoms with Gasteiger partial charge in [0.05, 0.1) is 5.56 Å². The van der Waals surface area contributed by atoms with Crippen molar-refractivity contribution < 1.29 is 9.32 Å². The Morgan fingerprint density at radius 3 is 2.69 bits per heavy atom. The molecule has 1 aliphatic rings. The highest BCUT2D eigenvalue weighted by atomic mass is 16.5. The van der Waals surface area contributed by atoms with Crippen LogP contribution in [0, 0.1) is 6.92 Å². The Bertz CT molecular complexity index is 916. The first-order chi connectivity index (χ1) is 12.6. The van der Waals surface area contributed by atoms with Crippen LogP contribution in [0.5, 0.6) is 0 Å². The lowest BCUT2D eigenvalue weighted by Gasteiger charge is -2.16. The molecule has 4 rings (SSSR count). The summed E-state index contributed by atoms with van der Waals surface area (Å²) in [5.41, 5.74) is 3.89. The predicted octanol–water partition coefficient (Wildman–Crippen LogP) is 3.52. The van der Waals surface area contributed by atoms with Crippen molar-refractivity contribution in [1.29, 1.82) is 0 Å². The van der Waals surface area contributed by atoms with E-state index >= 15 is 0 Å². The van der Waals surface area contributed by atoms with Gasteiger partial charge in [-0.05, 0) is 43.2 Å². The number of benzene rings is 1. The molecule has 3 heterocycles. The van der Waals surface area contributed by atoms with Gasteiger partial charge in [0.25, 0.3) is 5.89 Å². The fourth-order valence-electron chi connectivity index (χ4n) is 3.15. The van der Waals surface area contributed by atoms with Gasteiger partial charge < -0.3 is 9.42 Å². The Kier molecular flexibility index (Phi) is 4.24. The quantitative estimate of drug-likeness (QED) is 0.721. The molecule has 0 spiro atoms. The number of pyridine rings is 1. The topological polar surface area (TPSA) is 72.1 Å². The average molecular weight is 348 g/mol. The van der Waals surface area contributed by atoms with Crippen LogP contribution in [-0.4, -0.2) is 27.6 Å². The van der Waals surface area contributed by atoms with Gasteiger partial charge in [-0.25, -0.2) is 0 Å². The van der Waals surface area contributed by atoms with E-state index in [0.717, 1.165) is 23.4 Å². The highest BCUT2D eigenvalue weighted by molar-refractivity contribution is 5.96. The van der Waals surface area contributed by atoms with Crippen LogP contribution in [-0.2, 0) is 11.2 Å². The van der Waals surface area contributed by atoms with E-state index < -0.39 is 0 Å². The van der Waals surface area contributed by atoms with Crippen LogP contribution in [0.3, 0.4) is 0 Å². The molecule has 2 aromatic heterocycles. The molecule has 1 aromatic carbocycles. The zero-order chi connectivity index (χ0) is 18.1. The summed E-state index contributed by atoms with van der Waals surface area (Å²) in [5, 5.41) is 4.09. The molecule has 0 radical (unpaired) electrons. The fourth-order valence-corrected chi connectivity index (χ4v) is 3.15. The number of hydrogen-bond acceptors (Lipinski definition) is 5. The number of anilines is 1. The summed E-state index contributed by atoms with van der Waals surface area (Å²) in [5.74, 6) is 1.03. The lowest BCUT2D eigenvalue weighted by Crippen LogP contribution is -2.24. The molecule has 1 aliphatic heterocycles. The van der Waals surface area contributed by atoms with Crippen LogP contribution in [0.4, 0.5) is 5.69 Å². The minimum Gasteiger partial charge on any atom is -0.334 e. The molecule has 3 aromatic rings. The highest BCUT2D eigenvalue weighted by Gasteiger charge is 2.34. The summed E-state index contributed by atoms with van der Waals surface area (Å²) in [6.07, 6.45) is 3.09. The van der Waals surface area contributed by atoms with E-state index in [1.54, 1.807) is 11.1 Å². The first-order valence-electron chi connectivity index (χ1n) is 8.80. The summed E-state index contributed by atoms with van der Waals surface area (Å²) in [6.45, 7) is 4.60. The first kappa shape index (κ1) is 16.4. The van der Waals surface area contributed by atoms with Crippen LogP contribution in [0.25, 0.3) is 11.5 Å². The van der Waals surface area contributed by atoms with Crippen molar-refractivity contribution in [2.24, 2.45) is 0 Å². The van der Waals surface area contributed by atoms with Crippen LogP contribution in [0.15, 0.2) is 47.1 Å². The Balaban J connectivity index is 1.52. The third-order valence-electron chi connectivity index (χ3n) is 4.75. The molecule has 1 fully saturated rings. The molecular weight excluding hydrogens is 328 g/mol. The largest absolute Gasteiger partial charge is 0.334 e. The lowest BCUT2D eigenvalue weighted by molar-refractivity contribution is -0.117. The second-order valence-corrected chi connectivity index (χ2v) is 6.57. The third-order valence-corrected chi connectivity index (χ3v) is 4.75. The minimum atomic E-state index is -0.0655. The van der Waals surface area contributed by atoms with Crippen molar-refractivity contribution >= 4 is 11.6 Å². The molecule has 132 valence electrons. The number of nitrogens with zero attached hydrogens (tertiary/aromatic N) is 4. The number of carbonyl (C=O) groups excluding carboxylic acids is 1. The second-order valence-electron chi connectivity index (χ2n) is 6.57. The number of hydrogen-bond donors (Lipinski definition) is 0. The van der Waals surface area contributed by atoms with Gasteiger partial charge >= 0.3 is 0 Å². The normalized spacial score (nSPS) is 17.1. The van der Waals surface area contributed by atoms with E-state index in [1.165, 1.54) is 5.56 Å². The summed E-state index contributed by atoms with van der Waals surface area (Å²) in [7, 11) is 0. The van der Waals surface area contributed by atoms with Crippen LogP contribution < -0.4 is 4.90 Å². The minimum absolute atomic E-state index is 0.0655. The van der Waals surface area contributed by atoms with Gasteiger partial charge in [0, 0.05) is 36.5 Å². The van der Waals surface area contributed by atoms with Gasteiger partial charge in [-0.1, -0.05) is 24.2 Å². The monoisotopic (exact) mass is 348 g/mol. The van der Waals surface area contributed by atoms with Crippen molar-refractivity contribution in [3.63, 3.8) is 0 Å². The van der Waals surface area contributed by atoms with Crippen LogP contribution >= 0.6 is 0 Å². The van der Waals surface area contributed by atoms with E-state index in [4.69, 9.17) is 4.52 Å². The molecule has 0 unspecified atom stereocenters. The number of aromatic nitrogens is 3. The summed E-state index contributed by atoms with van der Waals surface area (Å²) in [6, 6.07) is 11.9. The molecule has 6 nitrogen and oxygen atoms in total. The zero-order valence-electron chi connectivity index (χ0n) is 14.8. The van der Waals surface area contributed by atoms with E-state index in [1.807, 2.05) is 31.2 Å². The standard InChI is InChI=1S/C20H20N4O2/c1-3-14-5-8-17(9-6-14)24-12-16(10-18(24)25)19-22-20(26-23-19)15-7-4-13(2)21-11-15/h4-9,11,16H,3,10,12H2,1-2H3/t16-/m0/s1.